The standard InChI is InChI=1S/C29H37NO2/c1-4-30(5-2)22-23-32-28-19-17-27(18-20-28)29(31,26-11-7-6-8-12-26)21-9-10-25-15-13-24(3)14-16-25/h6-8,11-20,31H,4-5,9-10,21-23H2,1-3H3. The molecule has 0 fully saturated rings. The van der Waals surface area contributed by atoms with Crippen LogP contribution >= 0.6 is 0 Å². The Balaban J connectivity index is 1.70. The fraction of sp³-hybridized carbons (Fsp3) is 0.379. The van der Waals surface area contributed by atoms with E-state index in [9.17, 15) is 5.11 Å². The molecule has 0 aliphatic carbocycles. The number of aliphatic hydroxyl groups is 1. The first-order valence-electron chi connectivity index (χ1n) is 11.8. The molecule has 170 valence electrons. The summed E-state index contributed by atoms with van der Waals surface area (Å²) in [6, 6.07) is 26.6. The highest BCUT2D eigenvalue weighted by Gasteiger charge is 2.31. The van der Waals surface area contributed by atoms with Gasteiger partial charge in [-0.1, -0.05) is 86.1 Å². The Hall–Kier alpha value is -2.62. The van der Waals surface area contributed by atoms with E-state index in [4.69, 9.17) is 4.74 Å². The number of nitrogens with zero attached hydrogens (tertiary/aromatic N) is 1. The van der Waals surface area contributed by atoms with Gasteiger partial charge in [0.2, 0.25) is 0 Å². The first-order valence-corrected chi connectivity index (χ1v) is 11.8. The van der Waals surface area contributed by atoms with E-state index in [-0.39, 0.29) is 0 Å². The highest BCUT2D eigenvalue weighted by molar-refractivity contribution is 5.39. The van der Waals surface area contributed by atoms with Crippen LogP contribution < -0.4 is 4.74 Å². The molecule has 0 spiro atoms. The largest absolute Gasteiger partial charge is 0.492 e. The molecule has 0 aliphatic heterocycles. The van der Waals surface area contributed by atoms with Gasteiger partial charge in [0.15, 0.2) is 0 Å². The number of aryl methyl sites for hydroxylation is 2. The molecule has 3 aromatic rings. The van der Waals surface area contributed by atoms with Gasteiger partial charge in [0, 0.05) is 6.54 Å². The van der Waals surface area contributed by atoms with Crippen molar-refractivity contribution in [2.24, 2.45) is 0 Å². The molecule has 0 amide bonds. The number of ether oxygens (including phenoxy) is 1. The van der Waals surface area contributed by atoms with Crippen molar-refractivity contribution in [3.05, 3.63) is 101 Å². The van der Waals surface area contributed by atoms with Crippen molar-refractivity contribution < 1.29 is 9.84 Å². The summed E-state index contributed by atoms with van der Waals surface area (Å²) in [4.78, 5) is 2.34. The van der Waals surface area contributed by atoms with Gasteiger partial charge < -0.3 is 14.7 Å². The van der Waals surface area contributed by atoms with Crippen LogP contribution in [0.3, 0.4) is 0 Å². The summed E-state index contributed by atoms with van der Waals surface area (Å²) < 4.78 is 5.94. The van der Waals surface area contributed by atoms with E-state index in [1.54, 1.807) is 0 Å². The van der Waals surface area contributed by atoms with Crippen LogP contribution in [-0.2, 0) is 12.0 Å². The zero-order valence-electron chi connectivity index (χ0n) is 19.8. The molecule has 1 atom stereocenters. The van der Waals surface area contributed by atoms with Gasteiger partial charge >= 0.3 is 0 Å². The van der Waals surface area contributed by atoms with Crippen LogP contribution in [0.1, 0.15) is 48.9 Å². The van der Waals surface area contributed by atoms with E-state index in [0.717, 1.165) is 49.4 Å². The molecule has 3 nitrogen and oxygen atoms in total. The summed E-state index contributed by atoms with van der Waals surface area (Å²) >= 11 is 0. The Morgan fingerprint density at radius 3 is 2.06 bits per heavy atom. The van der Waals surface area contributed by atoms with Gasteiger partial charge in [-0.15, -0.1) is 0 Å². The molecule has 3 rings (SSSR count). The van der Waals surface area contributed by atoms with Crippen LogP contribution in [0.4, 0.5) is 0 Å². The number of rotatable bonds is 12. The average molecular weight is 432 g/mol. The minimum Gasteiger partial charge on any atom is -0.492 e. The molecule has 32 heavy (non-hydrogen) atoms. The summed E-state index contributed by atoms with van der Waals surface area (Å²) in [5.41, 5.74) is 3.39. The van der Waals surface area contributed by atoms with Crippen LogP contribution in [0.5, 0.6) is 5.75 Å². The normalized spacial score (nSPS) is 13.2. The van der Waals surface area contributed by atoms with Gasteiger partial charge in [0.05, 0.1) is 0 Å². The second kappa shape index (κ2) is 11.8. The molecule has 1 N–H and O–H groups in total. The van der Waals surface area contributed by atoms with Crippen molar-refractivity contribution in [1.82, 2.24) is 4.90 Å². The number of hydrogen-bond acceptors (Lipinski definition) is 3. The molecular weight excluding hydrogens is 394 g/mol. The Bertz CT molecular complexity index is 918. The first-order chi connectivity index (χ1) is 15.5. The highest BCUT2D eigenvalue weighted by atomic mass is 16.5. The summed E-state index contributed by atoms with van der Waals surface area (Å²) in [6.45, 7) is 10.1. The van der Waals surface area contributed by atoms with E-state index in [1.165, 1.54) is 11.1 Å². The van der Waals surface area contributed by atoms with Gasteiger partial charge in [0.25, 0.3) is 0 Å². The van der Waals surface area contributed by atoms with E-state index in [2.05, 4.69) is 49.9 Å². The third kappa shape index (κ3) is 6.44. The predicted molar refractivity (Wildman–Crippen MR) is 133 cm³/mol. The Morgan fingerprint density at radius 1 is 0.812 bits per heavy atom. The second-order valence-electron chi connectivity index (χ2n) is 8.47. The number of likely N-dealkylation sites (N-methyl/N-ethyl adjacent to an activating group) is 1. The lowest BCUT2D eigenvalue weighted by Crippen LogP contribution is -2.28. The third-order valence-corrected chi connectivity index (χ3v) is 6.28. The van der Waals surface area contributed by atoms with Crippen molar-refractivity contribution in [1.29, 1.82) is 0 Å². The van der Waals surface area contributed by atoms with Gasteiger partial charge in [0.1, 0.15) is 18.0 Å². The third-order valence-electron chi connectivity index (χ3n) is 6.28. The SMILES string of the molecule is CCN(CC)CCOc1ccc(C(O)(CCCc2ccc(C)cc2)c2ccccc2)cc1. The van der Waals surface area contributed by atoms with Gasteiger partial charge in [-0.05, 0) is 68.1 Å². The highest BCUT2D eigenvalue weighted by Crippen LogP contribution is 2.35. The molecule has 0 saturated heterocycles. The molecule has 0 heterocycles. The van der Waals surface area contributed by atoms with Crippen molar-refractivity contribution in [2.75, 3.05) is 26.2 Å². The molecule has 0 saturated carbocycles. The van der Waals surface area contributed by atoms with Crippen LogP contribution in [0.25, 0.3) is 0 Å². The van der Waals surface area contributed by atoms with Gasteiger partial charge in [-0.3, -0.25) is 0 Å². The number of hydrogen-bond donors (Lipinski definition) is 1. The molecule has 3 aromatic carbocycles. The molecule has 3 heteroatoms. The van der Waals surface area contributed by atoms with Crippen molar-refractivity contribution in [3.63, 3.8) is 0 Å². The molecular formula is C29H37NO2. The maximum Gasteiger partial charge on any atom is 0.119 e. The first kappa shape index (κ1) is 24.0. The van der Waals surface area contributed by atoms with Crippen LogP contribution in [0, 0.1) is 6.92 Å². The van der Waals surface area contributed by atoms with Gasteiger partial charge in [-0.25, -0.2) is 0 Å². The maximum atomic E-state index is 11.8. The lowest BCUT2D eigenvalue weighted by Gasteiger charge is -2.30. The monoisotopic (exact) mass is 431 g/mol. The topological polar surface area (TPSA) is 32.7 Å². The van der Waals surface area contributed by atoms with Crippen LogP contribution in [0.2, 0.25) is 0 Å². The second-order valence-corrected chi connectivity index (χ2v) is 8.47. The smallest absolute Gasteiger partial charge is 0.119 e. The van der Waals surface area contributed by atoms with Crippen LogP contribution in [-0.4, -0.2) is 36.2 Å². The lowest BCUT2D eigenvalue weighted by atomic mass is 9.82. The van der Waals surface area contributed by atoms with E-state index >= 15 is 0 Å². The van der Waals surface area contributed by atoms with Crippen LogP contribution in [0.15, 0.2) is 78.9 Å². The summed E-state index contributed by atoms with van der Waals surface area (Å²) in [7, 11) is 0. The van der Waals surface area contributed by atoms with Gasteiger partial charge in [-0.2, -0.15) is 0 Å². The van der Waals surface area contributed by atoms with E-state index in [0.29, 0.717) is 13.0 Å². The predicted octanol–water partition coefficient (Wildman–Crippen LogP) is 5.97. The lowest BCUT2D eigenvalue weighted by molar-refractivity contribution is 0.0687. The molecule has 1 unspecified atom stereocenters. The van der Waals surface area contributed by atoms with Crippen molar-refractivity contribution in [2.45, 2.75) is 45.6 Å². The zero-order valence-corrected chi connectivity index (χ0v) is 19.8. The minimum atomic E-state index is -1.02. The molecule has 0 aliphatic rings. The minimum absolute atomic E-state index is 0.660. The fourth-order valence-electron chi connectivity index (χ4n) is 4.13. The van der Waals surface area contributed by atoms with E-state index < -0.39 is 5.60 Å². The molecule has 0 aromatic heterocycles. The van der Waals surface area contributed by atoms with E-state index in [1.807, 2.05) is 54.6 Å². The Labute approximate surface area is 193 Å². The maximum absolute atomic E-state index is 11.8. The quantitative estimate of drug-likeness (QED) is 0.383. The summed E-state index contributed by atoms with van der Waals surface area (Å²) in [5.74, 6) is 0.843. The summed E-state index contributed by atoms with van der Waals surface area (Å²) in [5, 5.41) is 11.8. The average Bonchev–Trinajstić information content (AvgIpc) is 2.84. The summed E-state index contributed by atoms with van der Waals surface area (Å²) in [6.07, 6.45) is 2.51. The Kier molecular flexibility index (Phi) is 8.90. The van der Waals surface area contributed by atoms with Crippen molar-refractivity contribution in [3.8, 4) is 5.75 Å². The Morgan fingerprint density at radius 2 is 1.44 bits per heavy atom. The zero-order chi connectivity index (χ0) is 22.8. The van der Waals surface area contributed by atoms with Crippen molar-refractivity contribution >= 4 is 0 Å². The molecule has 0 radical (unpaired) electrons. The fourth-order valence-corrected chi connectivity index (χ4v) is 4.13. The molecule has 0 bridgehead atoms. The number of benzene rings is 3.